The Morgan fingerprint density at radius 1 is 1.22 bits per heavy atom. The highest BCUT2D eigenvalue weighted by atomic mass is 16.2. The molecule has 0 spiro atoms. The van der Waals surface area contributed by atoms with Gasteiger partial charge in [-0.05, 0) is 24.0 Å². The largest absolute Gasteiger partial charge is 0.361 e. The molecule has 0 saturated carbocycles. The zero-order chi connectivity index (χ0) is 17.0. The quantitative estimate of drug-likeness (QED) is 0.859. The number of carbonyl (C=O) groups is 2. The molecule has 2 rings (SSSR count). The van der Waals surface area contributed by atoms with Crippen molar-refractivity contribution in [2.24, 2.45) is 5.92 Å². The summed E-state index contributed by atoms with van der Waals surface area (Å²) < 4.78 is 0. The van der Waals surface area contributed by atoms with Gasteiger partial charge >= 0.3 is 0 Å². The molecule has 1 heterocycles. The van der Waals surface area contributed by atoms with Crippen molar-refractivity contribution in [1.29, 1.82) is 0 Å². The number of carbonyl (C=O) groups excluding carboxylic acids is 2. The van der Waals surface area contributed by atoms with Crippen LogP contribution in [0.4, 0.5) is 0 Å². The molecule has 0 aliphatic carbocycles. The fourth-order valence-electron chi connectivity index (χ4n) is 2.70. The molecule has 1 aromatic carbocycles. The smallest absolute Gasteiger partial charge is 0.244 e. The number of hydrogen-bond acceptors (Lipinski definition) is 2. The van der Waals surface area contributed by atoms with Crippen LogP contribution in [0.25, 0.3) is 10.9 Å². The second-order valence-electron chi connectivity index (χ2n) is 6.52. The number of para-hydroxylation sites is 1. The Bertz CT molecular complexity index is 688. The standard InChI is InChI=1S/C18H25N3O2/c1-12(2)9-16(18(23)21(3)4)20-17(22)10-13-11-19-15-8-6-5-7-14(13)15/h5-8,11-12,16,19H,9-10H2,1-4H3,(H,20,22). The first-order valence-corrected chi connectivity index (χ1v) is 7.94. The van der Waals surface area contributed by atoms with E-state index >= 15 is 0 Å². The molecule has 1 atom stereocenters. The van der Waals surface area contributed by atoms with Crippen molar-refractivity contribution in [2.75, 3.05) is 14.1 Å². The van der Waals surface area contributed by atoms with E-state index in [4.69, 9.17) is 0 Å². The van der Waals surface area contributed by atoms with E-state index in [1.165, 1.54) is 4.90 Å². The maximum absolute atomic E-state index is 12.4. The van der Waals surface area contributed by atoms with Crippen molar-refractivity contribution in [1.82, 2.24) is 15.2 Å². The fourth-order valence-corrected chi connectivity index (χ4v) is 2.70. The zero-order valence-electron chi connectivity index (χ0n) is 14.2. The minimum absolute atomic E-state index is 0.0639. The SMILES string of the molecule is CC(C)CC(NC(=O)Cc1c[nH]c2ccccc12)C(=O)N(C)C. The van der Waals surface area contributed by atoms with Crippen molar-refractivity contribution in [3.05, 3.63) is 36.0 Å². The average Bonchev–Trinajstić information content (AvgIpc) is 2.88. The van der Waals surface area contributed by atoms with Crippen molar-refractivity contribution < 1.29 is 9.59 Å². The third-order valence-electron chi connectivity index (χ3n) is 3.81. The number of amides is 2. The number of nitrogens with zero attached hydrogens (tertiary/aromatic N) is 1. The summed E-state index contributed by atoms with van der Waals surface area (Å²) in [5.74, 6) is 0.138. The average molecular weight is 315 g/mol. The topological polar surface area (TPSA) is 65.2 Å². The Kier molecular flexibility index (Phi) is 5.42. The van der Waals surface area contributed by atoms with Gasteiger partial charge in [0.25, 0.3) is 0 Å². The van der Waals surface area contributed by atoms with Crippen LogP contribution in [0, 0.1) is 5.92 Å². The maximum atomic E-state index is 12.4. The van der Waals surface area contributed by atoms with Crippen molar-refractivity contribution in [2.45, 2.75) is 32.7 Å². The molecule has 1 aromatic heterocycles. The molecule has 2 N–H and O–H groups in total. The van der Waals surface area contributed by atoms with Crippen molar-refractivity contribution in [3.8, 4) is 0 Å². The molecule has 2 aromatic rings. The molecule has 124 valence electrons. The first kappa shape index (κ1) is 17.1. The molecular weight excluding hydrogens is 290 g/mol. The van der Waals surface area contributed by atoms with Gasteiger partial charge in [0.05, 0.1) is 6.42 Å². The van der Waals surface area contributed by atoms with Gasteiger partial charge in [0.2, 0.25) is 11.8 Å². The Hall–Kier alpha value is -2.30. The lowest BCUT2D eigenvalue weighted by Crippen LogP contribution is -2.47. The monoisotopic (exact) mass is 315 g/mol. The van der Waals surface area contributed by atoms with E-state index in [0.29, 0.717) is 12.3 Å². The number of fused-ring (bicyclic) bond motifs is 1. The van der Waals surface area contributed by atoms with Gasteiger partial charge in [-0.1, -0.05) is 32.0 Å². The van der Waals surface area contributed by atoms with Gasteiger partial charge in [0.1, 0.15) is 6.04 Å². The summed E-state index contributed by atoms with van der Waals surface area (Å²) in [6.07, 6.45) is 2.76. The molecule has 5 nitrogen and oxygen atoms in total. The number of benzene rings is 1. The number of nitrogens with one attached hydrogen (secondary N) is 2. The molecule has 0 fully saturated rings. The fraction of sp³-hybridized carbons (Fsp3) is 0.444. The van der Waals surface area contributed by atoms with Crippen LogP contribution in [0.2, 0.25) is 0 Å². The van der Waals surface area contributed by atoms with Gasteiger partial charge in [0.15, 0.2) is 0 Å². The molecule has 2 amide bonds. The molecule has 0 aliphatic heterocycles. The van der Waals surface area contributed by atoms with Gasteiger partial charge in [-0.3, -0.25) is 9.59 Å². The third kappa shape index (κ3) is 4.34. The van der Waals surface area contributed by atoms with Gasteiger partial charge < -0.3 is 15.2 Å². The van der Waals surface area contributed by atoms with Crippen LogP contribution in [0.5, 0.6) is 0 Å². The molecule has 23 heavy (non-hydrogen) atoms. The lowest BCUT2D eigenvalue weighted by Gasteiger charge is -2.23. The van der Waals surface area contributed by atoms with E-state index in [1.54, 1.807) is 14.1 Å². The van der Waals surface area contributed by atoms with E-state index in [1.807, 2.05) is 44.3 Å². The first-order chi connectivity index (χ1) is 10.9. The molecule has 0 radical (unpaired) electrons. The maximum Gasteiger partial charge on any atom is 0.244 e. The van der Waals surface area contributed by atoms with E-state index in [0.717, 1.165) is 16.5 Å². The highest BCUT2D eigenvalue weighted by Crippen LogP contribution is 2.18. The van der Waals surface area contributed by atoms with Crippen LogP contribution < -0.4 is 5.32 Å². The summed E-state index contributed by atoms with van der Waals surface area (Å²) >= 11 is 0. The second-order valence-corrected chi connectivity index (χ2v) is 6.52. The highest BCUT2D eigenvalue weighted by molar-refractivity contribution is 5.91. The second kappa shape index (κ2) is 7.31. The van der Waals surface area contributed by atoms with Gasteiger partial charge in [-0.15, -0.1) is 0 Å². The van der Waals surface area contributed by atoms with Crippen LogP contribution >= 0.6 is 0 Å². The van der Waals surface area contributed by atoms with Crippen LogP contribution in [0.3, 0.4) is 0 Å². The Morgan fingerprint density at radius 3 is 2.57 bits per heavy atom. The summed E-state index contributed by atoms with van der Waals surface area (Å²) in [5.41, 5.74) is 1.96. The highest BCUT2D eigenvalue weighted by Gasteiger charge is 2.23. The van der Waals surface area contributed by atoms with Crippen LogP contribution in [-0.2, 0) is 16.0 Å². The first-order valence-electron chi connectivity index (χ1n) is 7.94. The number of aromatic amines is 1. The molecule has 1 unspecified atom stereocenters. The van der Waals surface area contributed by atoms with Gasteiger partial charge in [0, 0.05) is 31.2 Å². The van der Waals surface area contributed by atoms with Crippen molar-refractivity contribution >= 4 is 22.7 Å². The normalized spacial score (nSPS) is 12.4. The van der Waals surface area contributed by atoms with Crippen LogP contribution in [0.1, 0.15) is 25.8 Å². The molecule has 0 saturated heterocycles. The van der Waals surface area contributed by atoms with E-state index < -0.39 is 6.04 Å². The Balaban J connectivity index is 2.08. The third-order valence-corrected chi connectivity index (χ3v) is 3.81. The lowest BCUT2D eigenvalue weighted by molar-refractivity contribution is -0.134. The molecule has 0 aliphatic rings. The van der Waals surface area contributed by atoms with E-state index in [-0.39, 0.29) is 18.2 Å². The predicted molar refractivity (Wildman–Crippen MR) is 92.1 cm³/mol. The number of likely N-dealkylation sites (N-methyl/N-ethyl adjacent to an activating group) is 1. The molecule has 0 bridgehead atoms. The summed E-state index contributed by atoms with van der Waals surface area (Å²) in [7, 11) is 3.42. The number of hydrogen-bond donors (Lipinski definition) is 2. The van der Waals surface area contributed by atoms with Crippen LogP contribution in [0.15, 0.2) is 30.5 Å². The van der Waals surface area contributed by atoms with Gasteiger partial charge in [-0.2, -0.15) is 0 Å². The van der Waals surface area contributed by atoms with E-state index in [2.05, 4.69) is 10.3 Å². The number of H-pyrrole nitrogens is 1. The zero-order valence-corrected chi connectivity index (χ0v) is 14.2. The number of aromatic nitrogens is 1. The minimum Gasteiger partial charge on any atom is -0.361 e. The van der Waals surface area contributed by atoms with E-state index in [9.17, 15) is 9.59 Å². The van der Waals surface area contributed by atoms with Crippen LogP contribution in [-0.4, -0.2) is 41.8 Å². The minimum atomic E-state index is -0.470. The summed E-state index contributed by atoms with van der Waals surface area (Å²) in [5, 5.41) is 3.93. The Labute approximate surface area is 137 Å². The number of rotatable bonds is 6. The Morgan fingerprint density at radius 2 is 1.91 bits per heavy atom. The molecule has 5 heteroatoms. The summed E-state index contributed by atoms with van der Waals surface area (Å²) in [6.45, 7) is 4.09. The summed E-state index contributed by atoms with van der Waals surface area (Å²) in [6, 6.07) is 7.41. The lowest BCUT2D eigenvalue weighted by atomic mass is 10.0. The molecular formula is C18H25N3O2. The van der Waals surface area contributed by atoms with Gasteiger partial charge in [-0.25, -0.2) is 0 Å². The van der Waals surface area contributed by atoms with Crippen molar-refractivity contribution in [3.63, 3.8) is 0 Å². The predicted octanol–water partition coefficient (Wildman–Crippen LogP) is 2.33. The summed E-state index contributed by atoms with van der Waals surface area (Å²) in [4.78, 5) is 29.3.